The predicted molar refractivity (Wildman–Crippen MR) is 116 cm³/mol. The second-order valence-electron chi connectivity index (χ2n) is 8.78. The number of fused-ring (bicyclic) bond motifs is 2. The number of likely N-dealkylation sites (N-methyl/N-ethyl adjacent to an activating group) is 1. The third-order valence-electron chi connectivity index (χ3n) is 6.58. The highest BCUT2D eigenvalue weighted by molar-refractivity contribution is 6.11. The molecule has 0 spiro atoms. The van der Waals surface area contributed by atoms with Crippen LogP contribution in [-0.4, -0.2) is 37.0 Å². The molecule has 0 saturated heterocycles. The summed E-state index contributed by atoms with van der Waals surface area (Å²) in [5.41, 5.74) is 6.06. The summed E-state index contributed by atoms with van der Waals surface area (Å²) >= 11 is 0. The molecule has 5 heteroatoms. The fourth-order valence-electron chi connectivity index (χ4n) is 4.95. The van der Waals surface area contributed by atoms with Crippen LogP contribution < -0.4 is 14.7 Å². The summed E-state index contributed by atoms with van der Waals surface area (Å²) in [6.45, 7) is 6.16. The van der Waals surface area contributed by atoms with Gasteiger partial charge in [0.25, 0.3) is 5.91 Å². The van der Waals surface area contributed by atoms with Gasteiger partial charge in [-0.15, -0.1) is 0 Å². The van der Waals surface area contributed by atoms with Crippen LogP contribution >= 0.6 is 0 Å². The second-order valence-corrected chi connectivity index (χ2v) is 8.78. The molecule has 2 aromatic carbocycles. The van der Waals surface area contributed by atoms with Gasteiger partial charge in [-0.2, -0.15) is 0 Å². The largest absolute Gasteiger partial charge is 0.355 e. The molecule has 5 nitrogen and oxygen atoms in total. The smallest absolute Gasteiger partial charge is 0.258 e. The Balaban J connectivity index is 1.55. The van der Waals surface area contributed by atoms with E-state index in [1.54, 1.807) is 4.90 Å². The Bertz CT molecular complexity index is 1030. The Morgan fingerprint density at radius 2 is 1.72 bits per heavy atom. The van der Waals surface area contributed by atoms with Crippen molar-refractivity contribution in [2.24, 2.45) is 0 Å². The zero-order valence-corrected chi connectivity index (χ0v) is 17.5. The Hall–Kier alpha value is -2.82. The lowest BCUT2D eigenvalue weighted by Crippen LogP contribution is -2.51. The third-order valence-corrected chi connectivity index (χ3v) is 6.58. The van der Waals surface area contributed by atoms with Crippen LogP contribution in [-0.2, 0) is 11.2 Å². The van der Waals surface area contributed by atoms with Crippen LogP contribution in [0.15, 0.2) is 36.4 Å². The van der Waals surface area contributed by atoms with Gasteiger partial charge < -0.3 is 14.7 Å². The fraction of sp³-hybridized carbons (Fsp3) is 0.417. The Kier molecular flexibility index (Phi) is 3.99. The monoisotopic (exact) mass is 389 g/mol. The van der Waals surface area contributed by atoms with Crippen LogP contribution in [0.3, 0.4) is 0 Å². The first kappa shape index (κ1) is 18.2. The summed E-state index contributed by atoms with van der Waals surface area (Å²) in [5, 5.41) is 0. The normalized spacial score (nSPS) is 23.3. The zero-order valence-electron chi connectivity index (χ0n) is 17.5. The van der Waals surface area contributed by atoms with Gasteiger partial charge >= 0.3 is 0 Å². The van der Waals surface area contributed by atoms with Gasteiger partial charge in [0.15, 0.2) is 0 Å². The molecular weight excluding hydrogens is 362 g/mol. The van der Waals surface area contributed by atoms with Gasteiger partial charge in [-0.05, 0) is 69.9 Å². The van der Waals surface area contributed by atoms with Crippen LogP contribution in [0.1, 0.15) is 48.2 Å². The molecule has 2 unspecified atom stereocenters. The highest BCUT2D eigenvalue weighted by atomic mass is 16.2. The van der Waals surface area contributed by atoms with E-state index in [4.69, 9.17) is 0 Å². The number of rotatable bonds is 2. The number of carbonyl (C=O) groups excluding carboxylic acids is 2. The van der Waals surface area contributed by atoms with Gasteiger partial charge in [-0.25, -0.2) is 0 Å². The Morgan fingerprint density at radius 3 is 2.45 bits per heavy atom. The number of benzene rings is 2. The van der Waals surface area contributed by atoms with Gasteiger partial charge in [0.05, 0.1) is 11.4 Å². The van der Waals surface area contributed by atoms with E-state index in [1.807, 2.05) is 37.1 Å². The Labute approximate surface area is 171 Å². The summed E-state index contributed by atoms with van der Waals surface area (Å²) in [6, 6.07) is 12.5. The minimum atomic E-state index is -0.195. The van der Waals surface area contributed by atoms with E-state index in [2.05, 4.69) is 36.9 Å². The molecule has 29 heavy (non-hydrogen) atoms. The average molecular weight is 389 g/mol. The van der Waals surface area contributed by atoms with Crippen molar-refractivity contribution >= 4 is 28.9 Å². The van der Waals surface area contributed by atoms with Crippen molar-refractivity contribution in [1.29, 1.82) is 0 Å². The van der Waals surface area contributed by atoms with Crippen molar-refractivity contribution in [3.8, 4) is 0 Å². The van der Waals surface area contributed by atoms with E-state index in [1.165, 1.54) is 11.1 Å². The van der Waals surface area contributed by atoms with E-state index >= 15 is 0 Å². The van der Waals surface area contributed by atoms with E-state index in [-0.39, 0.29) is 23.9 Å². The molecule has 1 saturated carbocycles. The van der Waals surface area contributed by atoms with Crippen molar-refractivity contribution in [3.05, 3.63) is 53.1 Å². The highest BCUT2D eigenvalue weighted by Crippen LogP contribution is 2.43. The molecular formula is C24H27N3O2. The molecule has 0 radical (unpaired) electrons. The number of nitrogens with zero attached hydrogens (tertiary/aromatic N) is 3. The standard InChI is InChI=1S/C24H27N3O2/c1-14-5-9-20-18(11-14)12-15(2)26(20)24(29)17-6-10-21-22(13-17)27(19-7-8-19)16(3)23(28)25(21)4/h5-6,9-11,13,15-16,19H,7-8,12H2,1-4H3. The number of carbonyl (C=O) groups is 2. The summed E-state index contributed by atoms with van der Waals surface area (Å²) < 4.78 is 0. The molecule has 3 aliphatic rings. The summed E-state index contributed by atoms with van der Waals surface area (Å²) in [4.78, 5) is 32.1. The summed E-state index contributed by atoms with van der Waals surface area (Å²) in [5.74, 6) is 0.145. The van der Waals surface area contributed by atoms with Gasteiger partial charge in [0.1, 0.15) is 6.04 Å². The lowest BCUT2D eigenvalue weighted by molar-refractivity contribution is -0.119. The molecule has 0 aromatic heterocycles. The Morgan fingerprint density at radius 1 is 1.00 bits per heavy atom. The van der Waals surface area contributed by atoms with Gasteiger partial charge in [-0.3, -0.25) is 9.59 Å². The molecule has 150 valence electrons. The van der Waals surface area contributed by atoms with E-state index in [0.717, 1.165) is 36.3 Å². The molecule has 2 aromatic rings. The fourth-order valence-corrected chi connectivity index (χ4v) is 4.95. The highest BCUT2D eigenvalue weighted by Gasteiger charge is 2.42. The summed E-state index contributed by atoms with van der Waals surface area (Å²) in [7, 11) is 1.82. The lowest BCUT2D eigenvalue weighted by atomic mass is 10.0. The maximum atomic E-state index is 13.5. The van der Waals surface area contributed by atoms with Gasteiger partial charge in [0.2, 0.25) is 5.91 Å². The van der Waals surface area contributed by atoms with Crippen molar-refractivity contribution in [1.82, 2.24) is 0 Å². The molecule has 0 bridgehead atoms. The minimum absolute atomic E-state index is 0.0332. The minimum Gasteiger partial charge on any atom is -0.355 e. The van der Waals surface area contributed by atoms with Crippen LogP contribution in [0.4, 0.5) is 17.1 Å². The molecule has 2 amide bonds. The van der Waals surface area contributed by atoms with E-state index in [9.17, 15) is 9.59 Å². The van der Waals surface area contributed by atoms with Crippen molar-refractivity contribution < 1.29 is 9.59 Å². The maximum absolute atomic E-state index is 13.5. The first-order valence-corrected chi connectivity index (χ1v) is 10.5. The number of amides is 2. The third kappa shape index (κ3) is 2.75. The SMILES string of the molecule is Cc1ccc2c(c1)CC(C)N2C(=O)c1ccc2c(c1)N(C1CC1)C(C)C(=O)N2C. The zero-order chi connectivity index (χ0) is 20.4. The van der Waals surface area contributed by atoms with Crippen molar-refractivity contribution in [3.63, 3.8) is 0 Å². The number of hydrogen-bond donors (Lipinski definition) is 0. The van der Waals surface area contributed by atoms with E-state index < -0.39 is 0 Å². The predicted octanol–water partition coefficient (Wildman–Crippen LogP) is 3.92. The maximum Gasteiger partial charge on any atom is 0.258 e. The van der Waals surface area contributed by atoms with Crippen molar-refractivity contribution in [2.75, 3.05) is 21.7 Å². The average Bonchev–Trinajstić information content (AvgIpc) is 3.47. The van der Waals surface area contributed by atoms with Crippen LogP contribution in [0.5, 0.6) is 0 Å². The van der Waals surface area contributed by atoms with Crippen molar-refractivity contribution in [2.45, 2.75) is 58.2 Å². The topological polar surface area (TPSA) is 43.9 Å². The first-order valence-electron chi connectivity index (χ1n) is 10.5. The van der Waals surface area contributed by atoms with Crippen LogP contribution in [0, 0.1) is 6.92 Å². The lowest BCUT2D eigenvalue weighted by Gasteiger charge is -2.41. The molecule has 5 rings (SSSR count). The van der Waals surface area contributed by atoms with Crippen LogP contribution in [0.25, 0.3) is 0 Å². The summed E-state index contributed by atoms with van der Waals surface area (Å²) in [6.07, 6.45) is 3.10. The first-order chi connectivity index (χ1) is 13.9. The molecule has 1 fully saturated rings. The number of aryl methyl sites for hydroxylation is 1. The van der Waals surface area contributed by atoms with E-state index in [0.29, 0.717) is 11.6 Å². The van der Waals surface area contributed by atoms with Gasteiger partial charge in [0, 0.05) is 30.4 Å². The second kappa shape index (κ2) is 6.34. The van der Waals surface area contributed by atoms with Gasteiger partial charge in [-0.1, -0.05) is 17.7 Å². The molecule has 2 aliphatic heterocycles. The quantitative estimate of drug-likeness (QED) is 0.782. The number of anilines is 3. The molecule has 1 aliphatic carbocycles. The molecule has 0 N–H and O–H groups in total. The molecule has 2 heterocycles. The number of hydrogen-bond acceptors (Lipinski definition) is 3. The molecule has 2 atom stereocenters. The van der Waals surface area contributed by atoms with Crippen LogP contribution in [0.2, 0.25) is 0 Å².